The SMILES string of the molecule is CCOC(=O)N1CCN(C(=O)C(C)n2cc(NC(=O)CCn3nccc3C(=O)O)c(C)n2)CC1. The van der Waals surface area contributed by atoms with Crippen LogP contribution in [0.3, 0.4) is 0 Å². The van der Waals surface area contributed by atoms with Crippen LogP contribution in [-0.2, 0) is 20.9 Å². The van der Waals surface area contributed by atoms with Crippen LogP contribution in [0, 0.1) is 6.92 Å². The molecule has 1 fully saturated rings. The molecule has 184 valence electrons. The number of anilines is 1. The second-order valence-electron chi connectivity index (χ2n) is 7.84. The average Bonchev–Trinajstić information content (AvgIpc) is 3.44. The van der Waals surface area contributed by atoms with E-state index in [2.05, 4.69) is 15.5 Å². The lowest BCUT2D eigenvalue weighted by Gasteiger charge is -2.35. The molecule has 1 saturated heterocycles. The molecule has 1 unspecified atom stereocenters. The number of nitrogens with one attached hydrogen (secondary N) is 1. The van der Waals surface area contributed by atoms with Gasteiger partial charge in [0.1, 0.15) is 11.7 Å². The third kappa shape index (κ3) is 5.71. The third-order valence-corrected chi connectivity index (χ3v) is 5.55. The highest BCUT2D eigenvalue weighted by Crippen LogP contribution is 2.19. The van der Waals surface area contributed by atoms with Crippen LogP contribution in [0.1, 0.15) is 42.5 Å². The Morgan fingerprint density at radius 2 is 1.85 bits per heavy atom. The van der Waals surface area contributed by atoms with Crippen molar-refractivity contribution in [2.45, 2.75) is 39.8 Å². The molecule has 2 N–H and O–H groups in total. The predicted molar refractivity (Wildman–Crippen MR) is 119 cm³/mol. The molecule has 3 amide bonds. The van der Waals surface area contributed by atoms with Crippen LogP contribution in [0.15, 0.2) is 18.5 Å². The molecule has 0 spiro atoms. The number of amides is 3. The highest BCUT2D eigenvalue weighted by molar-refractivity contribution is 5.91. The first-order valence-corrected chi connectivity index (χ1v) is 11.0. The van der Waals surface area contributed by atoms with Crippen molar-refractivity contribution in [3.63, 3.8) is 0 Å². The number of carboxylic acids is 1. The monoisotopic (exact) mass is 475 g/mol. The molecule has 0 bridgehead atoms. The number of hydrogen-bond donors (Lipinski definition) is 2. The molecule has 2 aromatic heterocycles. The molecular weight excluding hydrogens is 446 g/mol. The Morgan fingerprint density at radius 1 is 1.18 bits per heavy atom. The Morgan fingerprint density at radius 3 is 2.50 bits per heavy atom. The van der Waals surface area contributed by atoms with Crippen molar-refractivity contribution in [2.24, 2.45) is 0 Å². The number of nitrogens with zero attached hydrogens (tertiary/aromatic N) is 6. The number of aromatic nitrogens is 4. The highest BCUT2D eigenvalue weighted by Gasteiger charge is 2.29. The van der Waals surface area contributed by atoms with E-state index in [1.165, 1.54) is 21.6 Å². The number of piperazine rings is 1. The van der Waals surface area contributed by atoms with E-state index in [1.54, 1.807) is 36.8 Å². The van der Waals surface area contributed by atoms with Crippen LogP contribution in [0.25, 0.3) is 0 Å². The van der Waals surface area contributed by atoms with Crippen molar-refractivity contribution in [1.82, 2.24) is 29.4 Å². The summed E-state index contributed by atoms with van der Waals surface area (Å²) in [6.45, 7) is 7.21. The highest BCUT2D eigenvalue weighted by atomic mass is 16.6. The number of aryl methyl sites for hydroxylation is 2. The predicted octanol–water partition coefficient (Wildman–Crippen LogP) is 0.977. The summed E-state index contributed by atoms with van der Waals surface area (Å²) in [6, 6.07) is 0.768. The van der Waals surface area contributed by atoms with E-state index in [0.717, 1.165) is 0 Å². The van der Waals surface area contributed by atoms with Crippen LogP contribution in [0.4, 0.5) is 10.5 Å². The van der Waals surface area contributed by atoms with Gasteiger partial charge in [0, 0.05) is 45.0 Å². The zero-order valence-corrected chi connectivity index (χ0v) is 19.4. The normalized spacial score (nSPS) is 14.6. The van der Waals surface area contributed by atoms with E-state index in [1.807, 2.05) is 0 Å². The van der Waals surface area contributed by atoms with Gasteiger partial charge < -0.3 is 25.0 Å². The lowest BCUT2D eigenvalue weighted by molar-refractivity contribution is -0.136. The van der Waals surface area contributed by atoms with Crippen molar-refractivity contribution in [3.05, 3.63) is 29.8 Å². The van der Waals surface area contributed by atoms with Crippen molar-refractivity contribution >= 4 is 29.6 Å². The first kappa shape index (κ1) is 24.7. The number of rotatable bonds is 8. The molecule has 3 heterocycles. The molecule has 0 saturated carbocycles. The lowest BCUT2D eigenvalue weighted by atomic mass is 10.2. The van der Waals surface area contributed by atoms with Gasteiger partial charge in [0.05, 0.1) is 24.5 Å². The molecule has 1 atom stereocenters. The standard InChI is InChI=1S/C21H29N7O6/c1-4-34-21(33)26-11-9-25(10-12-26)19(30)15(3)28-13-16(14(2)24-28)23-18(29)6-8-27-17(20(31)32)5-7-22-27/h5,7,13,15H,4,6,8-12H2,1-3H3,(H,23,29)(H,31,32). The molecule has 3 rings (SSSR count). The van der Waals surface area contributed by atoms with Crippen LogP contribution < -0.4 is 5.32 Å². The summed E-state index contributed by atoms with van der Waals surface area (Å²) < 4.78 is 7.75. The molecule has 1 aliphatic rings. The lowest BCUT2D eigenvalue weighted by Crippen LogP contribution is -2.52. The molecular formula is C21H29N7O6. The van der Waals surface area contributed by atoms with E-state index < -0.39 is 12.0 Å². The zero-order valence-electron chi connectivity index (χ0n) is 19.4. The third-order valence-electron chi connectivity index (χ3n) is 5.55. The van der Waals surface area contributed by atoms with Crippen molar-refractivity contribution in [1.29, 1.82) is 0 Å². The quantitative estimate of drug-likeness (QED) is 0.573. The van der Waals surface area contributed by atoms with Crippen molar-refractivity contribution in [2.75, 3.05) is 38.1 Å². The fraction of sp³-hybridized carbons (Fsp3) is 0.524. The number of aromatic carboxylic acids is 1. The van der Waals surface area contributed by atoms with Gasteiger partial charge in [-0.25, -0.2) is 9.59 Å². The maximum Gasteiger partial charge on any atom is 0.409 e. The van der Waals surface area contributed by atoms with Crippen LogP contribution in [-0.4, -0.2) is 91.1 Å². The fourth-order valence-electron chi connectivity index (χ4n) is 3.62. The van der Waals surface area contributed by atoms with Gasteiger partial charge in [0.2, 0.25) is 11.8 Å². The van der Waals surface area contributed by atoms with E-state index in [9.17, 15) is 19.2 Å². The molecule has 0 aromatic carbocycles. The number of carbonyl (C=O) groups excluding carboxylic acids is 3. The number of ether oxygens (including phenoxy) is 1. The Hall–Kier alpha value is -3.90. The largest absolute Gasteiger partial charge is 0.477 e. The fourth-order valence-corrected chi connectivity index (χ4v) is 3.62. The van der Waals surface area contributed by atoms with Gasteiger partial charge in [0.25, 0.3) is 0 Å². The van der Waals surface area contributed by atoms with Gasteiger partial charge >= 0.3 is 12.1 Å². The van der Waals surface area contributed by atoms with Gasteiger partial charge in [-0.3, -0.25) is 19.0 Å². The maximum absolute atomic E-state index is 12.9. The van der Waals surface area contributed by atoms with E-state index in [4.69, 9.17) is 9.84 Å². The second kappa shape index (κ2) is 10.8. The Kier molecular flexibility index (Phi) is 7.87. The van der Waals surface area contributed by atoms with Gasteiger partial charge in [-0.2, -0.15) is 10.2 Å². The van der Waals surface area contributed by atoms with E-state index in [-0.39, 0.29) is 36.6 Å². The molecule has 0 radical (unpaired) electrons. The summed E-state index contributed by atoms with van der Waals surface area (Å²) in [4.78, 5) is 51.6. The first-order chi connectivity index (χ1) is 16.2. The maximum atomic E-state index is 12.9. The summed E-state index contributed by atoms with van der Waals surface area (Å²) in [5, 5.41) is 20.2. The number of carboxylic acid groups (broad SMARTS) is 1. The van der Waals surface area contributed by atoms with Gasteiger partial charge in [-0.05, 0) is 26.8 Å². The topological polar surface area (TPSA) is 152 Å². The minimum Gasteiger partial charge on any atom is -0.477 e. The minimum atomic E-state index is -1.11. The van der Waals surface area contributed by atoms with Gasteiger partial charge in [-0.15, -0.1) is 0 Å². The van der Waals surface area contributed by atoms with E-state index in [0.29, 0.717) is 44.2 Å². The van der Waals surface area contributed by atoms with Crippen LogP contribution >= 0.6 is 0 Å². The molecule has 13 nitrogen and oxygen atoms in total. The smallest absolute Gasteiger partial charge is 0.409 e. The molecule has 2 aromatic rings. The molecule has 13 heteroatoms. The van der Waals surface area contributed by atoms with Gasteiger partial charge in [0.15, 0.2) is 0 Å². The Labute approximate surface area is 196 Å². The van der Waals surface area contributed by atoms with Gasteiger partial charge in [-0.1, -0.05) is 0 Å². The van der Waals surface area contributed by atoms with Crippen molar-refractivity contribution < 1.29 is 29.0 Å². The number of carbonyl (C=O) groups is 4. The summed E-state index contributed by atoms with van der Waals surface area (Å²) in [6.07, 6.45) is 2.61. The van der Waals surface area contributed by atoms with Crippen molar-refractivity contribution in [3.8, 4) is 0 Å². The van der Waals surface area contributed by atoms with Crippen LogP contribution in [0.5, 0.6) is 0 Å². The molecule has 0 aliphatic carbocycles. The number of hydrogen-bond acceptors (Lipinski definition) is 7. The summed E-state index contributed by atoms with van der Waals surface area (Å²) in [7, 11) is 0. The summed E-state index contributed by atoms with van der Waals surface area (Å²) in [5.41, 5.74) is 1.02. The van der Waals surface area contributed by atoms with E-state index >= 15 is 0 Å². The summed E-state index contributed by atoms with van der Waals surface area (Å²) in [5.74, 6) is -1.58. The Balaban J connectivity index is 1.54. The average molecular weight is 476 g/mol. The second-order valence-corrected chi connectivity index (χ2v) is 7.84. The molecule has 1 aliphatic heterocycles. The zero-order chi connectivity index (χ0) is 24.8. The summed E-state index contributed by atoms with van der Waals surface area (Å²) >= 11 is 0. The Bertz CT molecular complexity index is 1050. The minimum absolute atomic E-state index is 0.00669. The molecule has 34 heavy (non-hydrogen) atoms. The first-order valence-electron chi connectivity index (χ1n) is 11.0. The van der Waals surface area contributed by atoms with Crippen LogP contribution in [0.2, 0.25) is 0 Å².